The van der Waals surface area contributed by atoms with E-state index in [2.05, 4.69) is 0 Å². The summed E-state index contributed by atoms with van der Waals surface area (Å²) >= 11 is 0. The van der Waals surface area contributed by atoms with E-state index in [1.54, 1.807) is 25.5 Å². The Morgan fingerprint density at radius 1 is 1.12 bits per heavy atom. The molecule has 24 heavy (non-hydrogen) atoms. The molecule has 0 aromatic carbocycles. The number of amides is 1. The van der Waals surface area contributed by atoms with Crippen molar-refractivity contribution in [3.8, 4) is 0 Å². The van der Waals surface area contributed by atoms with Crippen LogP contribution in [0.5, 0.6) is 0 Å². The molecule has 7 nitrogen and oxygen atoms in total. The SMILES string of the molecule is COC(=O)c1c(C)c(C(=O)CN(CCN(C)C)C(C)=O)c(C)n1C. The van der Waals surface area contributed by atoms with Crippen molar-refractivity contribution in [2.45, 2.75) is 20.8 Å². The molecule has 7 heteroatoms. The zero-order valence-electron chi connectivity index (χ0n) is 15.6. The highest BCUT2D eigenvalue weighted by molar-refractivity contribution is 6.04. The van der Waals surface area contributed by atoms with Gasteiger partial charge in [0.2, 0.25) is 5.91 Å². The number of methoxy groups -OCH3 is 1. The Hall–Kier alpha value is -2.15. The molecule has 0 saturated heterocycles. The first-order chi connectivity index (χ1) is 11.1. The fourth-order valence-corrected chi connectivity index (χ4v) is 2.70. The number of ketones is 1. The topological polar surface area (TPSA) is 71.9 Å². The molecule has 0 unspecified atom stereocenters. The summed E-state index contributed by atoms with van der Waals surface area (Å²) in [7, 11) is 6.85. The number of ether oxygens (including phenoxy) is 1. The molecule has 134 valence electrons. The normalized spacial score (nSPS) is 10.8. The van der Waals surface area contributed by atoms with Gasteiger partial charge in [-0.25, -0.2) is 4.79 Å². The molecular formula is C17H27N3O4. The van der Waals surface area contributed by atoms with Crippen molar-refractivity contribution in [2.24, 2.45) is 7.05 Å². The van der Waals surface area contributed by atoms with E-state index in [0.717, 1.165) is 0 Å². The number of rotatable bonds is 7. The van der Waals surface area contributed by atoms with Crippen LogP contribution in [0.4, 0.5) is 0 Å². The van der Waals surface area contributed by atoms with Gasteiger partial charge in [0.1, 0.15) is 5.69 Å². The van der Waals surface area contributed by atoms with Gasteiger partial charge in [-0.05, 0) is 33.5 Å². The fraction of sp³-hybridized carbons (Fsp3) is 0.588. The molecule has 0 aliphatic rings. The number of carbonyl (C=O) groups is 3. The van der Waals surface area contributed by atoms with Gasteiger partial charge < -0.3 is 19.1 Å². The monoisotopic (exact) mass is 337 g/mol. The number of carbonyl (C=O) groups excluding carboxylic acids is 3. The smallest absolute Gasteiger partial charge is 0.354 e. The van der Waals surface area contributed by atoms with Crippen LogP contribution >= 0.6 is 0 Å². The molecule has 0 N–H and O–H groups in total. The van der Waals surface area contributed by atoms with Crippen molar-refractivity contribution in [3.63, 3.8) is 0 Å². The Balaban J connectivity index is 3.10. The highest BCUT2D eigenvalue weighted by Crippen LogP contribution is 2.22. The Morgan fingerprint density at radius 3 is 2.17 bits per heavy atom. The minimum absolute atomic E-state index is 0.00448. The van der Waals surface area contributed by atoms with Crippen LogP contribution in [-0.2, 0) is 16.6 Å². The van der Waals surface area contributed by atoms with Crippen LogP contribution in [0.3, 0.4) is 0 Å². The van der Waals surface area contributed by atoms with Crippen LogP contribution < -0.4 is 0 Å². The molecular weight excluding hydrogens is 310 g/mol. The lowest BCUT2D eigenvalue weighted by Gasteiger charge is -2.22. The average Bonchev–Trinajstić information content (AvgIpc) is 2.72. The van der Waals surface area contributed by atoms with E-state index in [-0.39, 0.29) is 18.2 Å². The lowest BCUT2D eigenvalue weighted by Crippen LogP contribution is -2.39. The van der Waals surface area contributed by atoms with Crippen LogP contribution in [0, 0.1) is 13.8 Å². The molecule has 0 atom stereocenters. The summed E-state index contributed by atoms with van der Waals surface area (Å²) in [5.41, 5.74) is 2.12. The third kappa shape index (κ3) is 4.23. The second-order valence-corrected chi connectivity index (χ2v) is 6.15. The van der Waals surface area contributed by atoms with Gasteiger partial charge in [-0.2, -0.15) is 0 Å². The van der Waals surface area contributed by atoms with E-state index in [9.17, 15) is 14.4 Å². The van der Waals surface area contributed by atoms with Crippen molar-refractivity contribution in [3.05, 3.63) is 22.5 Å². The van der Waals surface area contributed by atoms with Crippen molar-refractivity contribution in [2.75, 3.05) is 40.8 Å². The lowest BCUT2D eigenvalue weighted by molar-refractivity contribution is -0.128. The second kappa shape index (κ2) is 8.10. The minimum atomic E-state index is -0.479. The molecule has 0 aliphatic carbocycles. The third-order valence-electron chi connectivity index (χ3n) is 4.19. The number of esters is 1. The third-order valence-corrected chi connectivity index (χ3v) is 4.19. The Labute approximate surface area is 143 Å². The molecule has 0 spiro atoms. The molecule has 0 bridgehead atoms. The summed E-state index contributed by atoms with van der Waals surface area (Å²) in [6.07, 6.45) is 0. The molecule has 1 rings (SSSR count). The van der Waals surface area contributed by atoms with Gasteiger partial charge in [0.05, 0.1) is 13.7 Å². The molecule has 0 radical (unpaired) electrons. The van der Waals surface area contributed by atoms with Gasteiger partial charge in [-0.1, -0.05) is 0 Å². The predicted octanol–water partition coefficient (Wildman–Crippen LogP) is 1.02. The van der Waals surface area contributed by atoms with Crippen LogP contribution in [0.1, 0.15) is 39.0 Å². The maximum Gasteiger partial charge on any atom is 0.354 e. The standard InChI is InChI=1S/C17H27N3O4/c1-11-15(12(2)19(6)16(11)17(23)24-7)14(22)10-20(13(3)21)9-8-18(4)5/h8-10H2,1-7H3. The van der Waals surface area contributed by atoms with Crippen LogP contribution in [0.15, 0.2) is 0 Å². The molecule has 0 aliphatic heterocycles. The van der Waals surface area contributed by atoms with Crippen molar-refractivity contribution >= 4 is 17.7 Å². The van der Waals surface area contributed by atoms with Gasteiger partial charge in [0.15, 0.2) is 5.78 Å². The van der Waals surface area contributed by atoms with E-state index >= 15 is 0 Å². The first-order valence-corrected chi connectivity index (χ1v) is 7.79. The Kier molecular flexibility index (Phi) is 6.71. The summed E-state index contributed by atoms with van der Waals surface area (Å²) in [5, 5.41) is 0. The average molecular weight is 337 g/mol. The number of likely N-dealkylation sites (N-methyl/N-ethyl adjacent to an activating group) is 1. The predicted molar refractivity (Wildman–Crippen MR) is 91.4 cm³/mol. The Bertz CT molecular complexity index is 647. The first kappa shape index (κ1) is 19.9. The van der Waals surface area contributed by atoms with Crippen LogP contribution in [0.2, 0.25) is 0 Å². The number of Topliss-reactive ketones (excluding diaryl/α,β-unsaturated/α-hetero) is 1. The zero-order valence-corrected chi connectivity index (χ0v) is 15.6. The van der Waals surface area contributed by atoms with Gasteiger partial charge in [-0.3, -0.25) is 9.59 Å². The quantitative estimate of drug-likeness (QED) is 0.549. The van der Waals surface area contributed by atoms with E-state index in [1.807, 2.05) is 19.0 Å². The first-order valence-electron chi connectivity index (χ1n) is 7.79. The zero-order chi connectivity index (χ0) is 18.6. The number of nitrogens with zero attached hydrogens (tertiary/aromatic N) is 3. The maximum absolute atomic E-state index is 12.7. The minimum Gasteiger partial charge on any atom is -0.464 e. The number of aromatic nitrogens is 1. The molecule has 1 amide bonds. The summed E-state index contributed by atoms with van der Waals surface area (Å²) in [4.78, 5) is 39.9. The maximum atomic E-state index is 12.7. The van der Waals surface area contributed by atoms with Crippen molar-refractivity contribution < 1.29 is 19.1 Å². The second-order valence-electron chi connectivity index (χ2n) is 6.15. The lowest BCUT2D eigenvalue weighted by atomic mass is 10.1. The van der Waals surface area contributed by atoms with Crippen molar-refractivity contribution in [1.29, 1.82) is 0 Å². The van der Waals surface area contributed by atoms with Crippen LogP contribution in [-0.4, -0.2) is 72.9 Å². The fourth-order valence-electron chi connectivity index (χ4n) is 2.70. The van der Waals surface area contributed by atoms with Gasteiger partial charge in [-0.15, -0.1) is 0 Å². The largest absolute Gasteiger partial charge is 0.464 e. The molecule has 1 heterocycles. The van der Waals surface area contributed by atoms with Gasteiger partial charge >= 0.3 is 5.97 Å². The highest BCUT2D eigenvalue weighted by Gasteiger charge is 2.26. The summed E-state index contributed by atoms with van der Waals surface area (Å²) in [5.74, 6) is -0.803. The number of hydrogen-bond acceptors (Lipinski definition) is 5. The summed E-state index contributed by atoms with van der Waals surface area (Å²) in [6, 6.07) is 0. The van der Waals surface area contributed by atoms with Crippen LogP contribution in [0.25, 0.3) is 0 Å². The van der Waals surface area contributed by atoms with Crippen molar-refractivity contribution in [1.82, 2.24) is 14.4 Å². The molecule has 0 saturated carbocycles. The van der Waals surface area contributed by atoms with Gasteiger partial charge in [0.25, 0.3) is 0 Å². The summed E-state index contributed by atoms with van der Waals surface area (Å²) < 4.78 is 6.45. The number of hydrogen-bond donors (Lipinski definition) is 0. The van der Waals surface area contributed by atoms with E-state index in [1.165, 1.54) is 18.9 Å². The molecule has 0 fully saturated rings. The van der Waals surface area contributed by atoms with E-state index in [4.69, 9.17) is 4.74 Å². The molecule has 1 aromatic rings. The Morgan fingerprint density at radius 2 is 1.71 bits per heavy atom. The molecule has 1 aromatic heterocycles. The summed E-state index contributed by atoms with van der Waals surface area (Å²) in [6.45, 7) is 6.11. The van der Waals surface area contributed by atoms with Gasteiger partial charge in [0, 0.05) is 38.3 Å². The highest BCUT2D eigenvalue weighted by atomic mass is 16.5. The van der Waals surface area contributed by atoms with E-state index < -0.39 is 5.97 Å². The van der Waals surface area contributed by atoms with E-state index in [0.29, 0.717) is 35.6 Å².